The van der Waals surface area contributed by atoms with Gasteiger partial charge in [-0.05, 0) is 19.4 Å². The van der Waals surface area contributed by atoms with Gasteiger partial charge in [0.05, 0.1) is 24.0 Å². The van der Waals surface area contributed by atoms with Crippen LogP contribution in [0.5, 0.6) is 0 Å². The maximum Gasteiger partial charge on any atom is 0.244 e. The Labute approximate surface area is 97.6 Å². The van der Waals surface area contributed by atoms with Gasteiger partial charge in [0, 0.05) is 6.54 Å². The molecule has 0 spiro atoms. The third-order valence-electron chi connectivity index (χ3n) is 2.95. The van der Waals surface area contributed by atoms with Gasteiger partial charge in [0.1, 0.15) is 5.76 Å². The average Bonchev–Trinajstić information content (AvgIpc) is 2.97. The number of aryl methyl sites for hydroxylation is 1. The van der Waals surface area contributed by atoms with Crippen LogP contribution in [0, 0.1) is 6.92 Å². The summed E-state index contributed by atoms with van der Waals surface area (Å²) in [6.45, 7) is 2.41. The van der Waals surface area contributed by atoms with Crippen LogP contribution in [0.4, 0.5) is 0 Å². The minimum absolute atomic E-state index is 0.0570. The van der Waals surface area contributed by atoms with Gasteiger partial charge in [-0.2, -0.15) is 4.98 Å². The van der Waals surface area contributed by atoms with Crippen LogP contribution >= 0.6 is 0 Å². The molecule has 0 radical (unpaired) electrons. The first-order chi connectivity index (χ1) is 8.24. The predicted octanol–water partition coefficient (Wildman–Crippen LogP) is 1.03. The van der Waals surface area contributed by atoms with Crippen molar-refractivity contribution in [2.75, 3.05) is 6.54 Å². The third-order valence-corrected chi connectivity index (χ3v) is 2.95. The van der Waals surface area contributed by atoms with Crippen molar-refractivity contribution in [1.29, 1.82) is 0 Å². The zero-order valence-electron chi connectivity index (χ0n) is 9.38. The van der Waals surface area contributed by atoms with Crippen molar-refractivity contribution in [3.8, 4) is 11.4 Å². The molecule has 17 heavy (non-hydrogen) atoms. The third kappa shape index (κ3) is 1.85. The molecule has 3 rings (SSSR count). The van der Waals surface area contributed by atoms with Gasteiger partial charge in [-0.1, -0.05) is 5.16 Å². The van der Waals surface area contributed by atoms with Crippen LogP contribution in [0.25, 0.3) is 11.4 Å². The molecule has 1 aliphatic rings. The van der Waals surface area contributed by atoms with E-state index in [4.69, 9.17) is 8.94 Å². The van der Waals surface area contributed by atoms with Gasteiger partial charge in [-0.15, -0.1) is 0 Å². The van der Waals surface area contributed by atoms with Crippen molar-refractivity contribution in [2.45, 2.75) is 25.5 Å². The normalized spacial score (nSPS) is 24.4. The lowest BCUT2D eigenvalue weighted by atomic mass is 10.2. The van der Waals surface area contributed by atoms with Crippen molar-refractivity contribution in [1.82, 2.24) is 15.5 Å². The molecule has 0 bridgehead atoms. The summed E-state index contributed by atoms with van der Waals surface area (Å²) < 4.78 is 10.4. The fourth-order valence-corrected chi connectivity index (χ4v) is 2.01. The Hall–Kier alpha value is -1.66. The second-order valence-electron chi connectivity index (χ2n) is 4.20. The Morgan fingerprint density at radius 3 is 3.06 bits per heavy atom. The van der Waals surface area contributed by atoms with E-state index in [0.717, 1.165) is 11.3 Å². The molecule has 6 nitrogen and oxygen atoms in total. The molecule has 1 saturated heterocycles. The van der Waals surface area contributed by atoms with E-state index in [1.54, 1.807) is 12.3 Å². The van der Waals surface area contributed by atoms with Crippen LogP contribution < -0.4 is 5.32 Å². The largest absolute Gasteiger partial charge is 0.469 e. The lowest BCUT2D eigenvalue weighted by Gasteiger charge is -2.01. The summed E-state index contributed by atoms with van der Waals surface area (Å²) in [5.41, 5.74) is 0.832. The van der Waals surface area contributed by atoms with Crippen LogP contribution in [-0.4, -0.2) is 27.9 Å². The van der Waals surface area contributed by atoms with Crippen LogP contribution in [0.2, 0.25) is 0 Å². The molecular formula is C11H13N3O3. The zero-order chi connectivity index (χ0) is 11.8. The highest BCUT2D eigenvalue weighted by molar-refractivity contribution is 5.56. The first-order valence-electron chi connectivity index (χ1n) is 5.53. The van der Waals surface area contributed by atoms with E-state index in [1.807, 2.05) is 6.92 Å². The Morgan fingerprint density at radius 2 is 2.41 bits per heavy atom. The molecule has 1 aliphatic heterocycles. The second kappa shape index (κ2) is 3.97. The summed E-state index contributed by atoms with van der Waals surface area (Å²) in [5.74, 6) is 1.79. The van der Waals surface area contributed by atoms with Crippen LogP contribution in [-0.2, 0) is 0 Å². The van der Waals surface area contributed by atoms with E-state index in [-0.39, 0.29) is 12.1 Å². The number of nitrogens with zero attached hydrogens (tertiary/aromatic N) is 2. The molecule has 0 aromatic carbocycles. The number of aliphatic hydroxyl groups excluding tert-OH is 1. The van der Waals surface area contributed by atoms with Crippen molar-refractivity contribution in [3.63, 3.8) is 0 Å². The standard InChI is InChI=1S/C11H13N3O3/c1-6-8(2-3-16-6)10-13-11(17-14-10)9-4-7(15)5-12-9/h2-3,7,9,12,15H,4-5H2,1H3. The van der Waals surface area contributed by atoms with Crippen LogP contribution in [0.3, 0.4) is 0 Å². The number of hydrogen-bond donors (Lipinski definition) is 2. The molecule has 6 heteroatoms. The topological polar surface area (TPSA) is 84.3 Å². The molecule has 2 atom stereocenters. The van der Waals surface area contributed by atoms with Gasteiger partial charge in [0.2, 0.25) is 11.7 Å². The molecular weight excluding hydrogens is 222 g/mol. The molecule has 0 saturated carbocycles. The Balaban J connectivity index is 1.86. The maximum atomic E-state index is 9.43. The van der Waals surface area contributed by atoms with Gasteiger partial charge in [-0.3, -0.25) is 0 Å². The van der Waals surface area contributed by atoms with E-state index in [9.17, 15) is 5.11 Å². The number of aromatic nitrogens is 2. The molecule has 2 unspecified atom stereocenters. The van der Waals surface area contributed by atoms with Crippen LogP contribution in [0.1, 0.15) is 24.1 Å². The number of furan rings is 1. The second-order valence-corrected chi connectivity index (χ2v) is 4.20. The molecule has 2 aromatic rings. The Kier molecular flexibility index (Phi) is 2.45. The Bertz CT molecular complexity index is 520. The quantitative estimate of drug-likeness (QED) is 0.808. The highest BCUT2D eigenvalue weighted by atomic mass is 16.5. The number of nitrogens with one attached hydrogen (secondary N) is 1. The monoisotopic (exact) mass is 235 g/mol. The lowest BCUT2D eigenvalue weighted by molar-refractivity contribution is 0.191. The van der Waals surface area contributed by atoms with E-state index < -0.39 is 0 Å². The first kappa shape index (κ1) is 10.5. The van der Waals surface area contributed by atoms with Crippen molar-refractivity contribution in [3.05, 3.63) is 24.0 Å². The first-order valence-corrected chi connectivity index (χ1v) is 5.53. The van der Waals surface area contributed by atoms with Crippen molar-refractivity contribution >= 4 is 0 Å². The summed E-state index contributed by atoms with van der Waals surface area (Å²) >= 11 is 0. The number of rotatable bonds is 2. The summed E-state index contributed by atoms with van der Waals surface area (Å²) in [6.07, 6.45) is 1.86. The summed E-state index contributed by atoms with van der Waals surface area (Å²) in [7, 11) is 0. The van der Waals surface area contributed by atoms with Gasteiger partial charge in [0.15, 0.2) is 0 Å². The zero-order valence-corrected chi connectivity index (χ0v) is 9.38. The van der Waals surface area contributed by atoms with Gasteiger partial charge >= 0.3 is 0 Å². The number of β-amino-alcohol motifs (C(OH)–C–C–N with tert-alkyl or cyclic N) is 1. The average molecular weight is 235 g/mol. The molecule has 90 valence electrons. The highest BCUT2D eigenvalue weighted by Crippen LogP contribution is 2.26. The fourth-order valence-electron chi connectivity index (χ4n) is 2.01. The SMILES string of the molecule is Cc1occc1-c1noc(C2CC(O)CN2)n1. The van der Waals surface area contributed by atoms with Gasteiger partial charge in [-0.25, -0.2) is 0 Å². The van der Waals surface area contributed by atoms with E-state index in [2.05, 4.69) is 15.5 Å². The van der Waals surface area contributed by atoms with Crippen molar-refractivity contribution in [2.24, 2.45) is 0 Å². The molecule has 0 amide bonds. The smallest absolute Gasteiger partial charge is 0.244 e. The summed E-state index contributed by atoms with van der Waals surface area (Å²) in [4.78, 5) is 4.32. The number of aliphatic hydroxyl groups is 1. The molecule has 2 aromatic heterocycles. The van der Waals surface area contributed by atoms with Gasteiger partial charge < -0.3 is 19.4 Å². The van der Waals surface area contributed by atoms with E-state index in [1.165, 1.54) is 0 Å². The lowest BCUT2D eigenvalue weighted by Crippen LogP contribution is -2.15. The van der Waals surface area contributed by atoms with Gasteiger partial charge in [0.25, 0.3) is 0 Å². The summed E-state index contributed by atoms with van der Waals surface area (Å²) in [5, 5.41) is 16.5. The number of hydrogen-bond acceptors (Lipinski definition) is 6. The molecule has 3 heterocycles. The Morgan fingerprint density at radius 1 is 1.53 bits per heavy atom. The van der Waals surface area contributed by atoms with E-state index in [0.29, 0.717) is 24.7 Å². The highest BCUT2D eigenvalue weighted by Gasteiger charge is 2.28. The molecule has 0 aliphatic carbocycles. The van der Waals surface area contributed by atoms with Crippen molar-refractivity contribution < 1.29 is 14.0 Å². The van der Waals surface area contributed by atoms with Crippen LogP contribution in [0.15, 0.2) is 21.3 Å². The fraction of sp³-hybridized carbons (Fsp3) is 0.455. The minimum Gasteiger partial charge on any atom is -0.469 e. The van der Waals surface area contributed by atoms with E-state index >= 15 is 0 Å². The molecule has 1 fully saturated rings. The minimum atomic E-state index is -0.342. The summed E-state index contributed by atoms with van der Waals surface area (Å²) in [6, 6.07) is 1.75. The molecule has 2 N–H and O–H groups in total. The predicted molar refractivity (Wildman–Crippen MR) is 58.1 cm³/mol. The maximum absolute atomic E-state index is 9.43.